The first-order valence-electron chi connectivity index (χ1n) is 4.29. The number of phenolic OH excluding ortho intramolecular Hbond substituents is 1. The highest BCUT2D eigenvalue weighted by atomic mass is 35.5. The number of nitrogens with one attached hydrogen (secondary N) is 1. The molecule has 78 valence electrons. The molecule has 0 atom stereocenters. The number of carboxylic acids is 1. The van der Waals surface area contributed by atoms with Crippen LogP contribution in [0.15, 0.2) is 18.3 Å². The van der Waals surface area contributed by atoms with Crippen molar-refractivity contribution in [2.75, 3.05) is 0 Å². The predicted molar refractivity (Wildman–Crippen MR) is 56.3 cm³/mol. The van der Waals surface area contributed by atoms with Crippen LogP contribution in [0.3, 0.4) is 0 Å². The second-order valence-electron chi connectivity index (χ2n) is 3.20. The molecular formula is C10H8ClNO3. The summed E-state index contributed by atoms with van der Waals surface area (Å²) in [6, 6.07) is 3.25. The van der Waals surface area contributed by atoms with Gasteiger partial charge in [-0.3, -0.25) is 4.79 Å². The maximum absolute atomic E-state index is 10.6. The summed E-state index contributed by atoms with van der Waals surface area (Å²) in [5.41, 5.74) is 1.20. The first-order chi connectivity index (χ1) is 7.09. The van der Waals surface area contributed by atoms with Crippen molar-refractivity contribution in [2.24, 2.45) is 0 Å². The topological polar surface area (TPSA) is 73.3 Å². The lowest BCUT2D eigenvalue weighted by atomic mass is 10.1. The van der Waals surface area contributed by atoms with Crippen LogP contribution < -0.4 is 0 Å². The number of aromatic nitrogens is 1. The van der Waals surface area contributed by atoms with E-state index in [0.717, 1.165) is 0 Å². The van der Waals surface area contributed by atoms with Crippen LogP contribution in [0.4, 0.5) is 0 Å². The monoisotopic (exact) mass is 225 g/mol. The van der Waals surface area contributed by atoms with Gasteiger partial charge in [0, 0.05) is 17.1 Å². The number of halogens is 1. The van der Waals surface area contributed by atoms with Gasteiger partial charge in [0.25, 0.3) is 0 Å². The number of aromatic hydroxyl groups is 1. The molecule has 0 aliphatic carbocycles. The van der Waals surface area contributed by atoms with Crippen LogP contribution >= 0.6 is 11.6 Å². The van der Waals surface area contributed by atoms with Crippen LogP contribution in [-0.4, -0.2) is 21.2 Å². The number of aliphatic carboxylic acids is 1. The standard InChI is InChI=1S/C10H8ClNO3/c11-6-1-2-7-9(10(6)15)5(4-12-7)3-8(13)14/h1-2,4,12,15H,3H2,(H,13,14). The van der Waals surface area contributed by atoms with E-state index in [1.165, 1.54) is 0 Å². The van der Waals surface area contributed by atoms with Gasteiger partial charge >= 0.3 is 5.97 Å². The van der Waals surface area contributed by atoms with Crippen LogP contribution in [0, 0.1) is 0 Å². The fourth-order valence-electron chi connectivity index (χ4n) is 1.55. The summed E-state index contributed by atoms with van der Waals surface area (Å²) in [5, 5.41) is 19.1. The Labute approximate surface area is 90.1 Å². The Balaban J connectivity index is 2.66. The summed E-state index contributed by atoms with van der Waals surface area (Å²) in [7, 11) is 0. The summed E-state index contributed by atoms with van der Waals surface area (Å²) in [6.45, 7) is 0. The highest BCUT2D eigenvalue weighted by molar-refractivity contribution is 6.33. The van der Waals surface area contributed by atoms with Crippen molar-refractivity contribution < 1.29 is 15.0 Å². The maximum atomic E-state index is 10.6. The Hall–Kier alpha value is -1.68. The molecule has 0 saturated carbocycles. The Bertz CT molecular complexity index is 533. The van der Waals surface area contributed by atoms with Gasteiger partial charge in [0.2, 0.25) is 0 Å². The van der Waals surface area contributed by atoms with E-state index in [-0.39, 0.29) is 17.2 Å². The van der Waals surface area contributed by atoms with Crippen molar-refractivity contribution in [3.8, 4) is 5.75 Å². The minimum atomic E-state index is -0.949. The predicted octanol–water partition coefficient (Wildman–Crippen LogP) is 2.15. The molecule has 0 aliphatic heterocycles. The lowest BCUT2D eigenvalue weighted by Gasteiger charge is -2.00. The van der Waals surface area contributed by atoms with E-state index in [9.17, 15) is 9.90 Å². The molecule has 2 rings (SSSR count). The number of H-pyrrole nitrogens is 1. The van der Waals surface area contributed by atoms with Gasteiger partial charge in [-0.1, -0.05) is 11.6 Å². The number of hydrogen-bond acceptors (Lipinski definition) is 2. The smallest absolute Gasteiger partial charge is 0.307 e. The maximum Gasteiger partial charge on any atom is 0.307 e. The van der Waals surface area contributed by atoms with Crippen LogP contribution in [0.5, 0.6) is 5.75 Å². The molecule has 0 unspecified atom stereocenters. The molecule has 2 aromatic rings. The molecule has 0 amide bonds. The van der Waals surface area contributed by atoms with E-state index >= 15 is 0 Å². The number of rotatable bonds is 2. The number of carbonyl (C=O) groups is 1. The minimum absolute atomic E-state index is 0.0772. The van der Waals surface area contributed by atoms with Crippen LogP contribution in [0.2, 0.25) is 5.02 Å². The van der Waals surface area contributed by atoms with Gasteiger partial charge in [0.1, 0.15) is 5.75 Å². The van der Waals surface area contributed by atoms with Gasteiger partial charge in [-0.15, -0.1) is 0 Å². The average Bonchev–Trinajstić information content (AvgIpc) is 2.55. The quantitative estimate of drug-likeness (QED) is 0.733. The van der Waals surface area contributed by atoms with Gasteiger partial charge in [-0.05, 0) is 17.7 Å². The van der Waals surface area contributed by atoms with Gasteiger partial charge in [0.05, 0.1) is 11.4 Å². The van der Waals surface area contributed by atoms with Crippen molar-refractivity contribution in [2.45, 2.75) is 6.42 Å². The normalized spacial score (nSPS) is 10.7. The van der Waals surface area contributed by atoms with E-state index in [4.69, 9.17) is 16.7 Å². The Morgan fingerprint density at radius 3 is 2.87 bits per heavy atom. The van der Waals surface area contributed by atoms with E-state index in [1.807, 2.05) is 0 Å². The molecule has 0 bridgehead atoms. The molecule has 4 nitrogen and oxygen atoms in total. The molecule has 0 radical (unpaired) electrons. The van der Waals surface area contributed by atoms with E-state index in [1.54, 1.807) is 18.3 Å². The summed E-state index contributed by atoms with van der Waals surface area (Å²) >= 11 is 5.74. The molecule has 0 fully saturated rings. The first-order valence-corrected chi connectivity index (χ1v) is 4.66. The van der Waals surface area contributed by atoms with E-state index < -0.39 is 5.97 Å². The van der Waals surface area contributed by atoms with Crippen molar-refractivity contribution in [3.63, 3.8) is 0 Å². The molecule has 1 aromatic heterocycles. The highest BCUT2D eigenvalue weighted by Gasteiger charge is 2.13. The molecule has 0 saturated heterocycles. The number of phenols is 1. The van der Waals surface area contributed by atoms with Gasteiger partial charge in [-0.2, -0.15) is 0 Å². The zero-order valence-corrected chi connectivity index (χ0v) is 8.38. The van der Waals surface area contributed by atoms with Crippen LogP contribution in [0.25, 0.3) is 10.9 Å². The highest BCUT2D eigenvalue weighted by Crippen LogP contribution is 2.34. The lowest BCUT2D eigenvalue weighted by molar-refractivity contribution is -0.136. The molecule has 0 aliphatic rings. The fraction of sp³-hybridized carbons (Fsp3) is 0.100. The SMILES string of the molecule is O=C(O)Cc1c[nH]c2ccc(Cl)c(O)c12. The van der Waals surface area contributed by atoms with Crippen molar-refractivity contribution in [1.29, 1.82) is 0 Å². The lowest BCUT2D eigenvalue weighted by Crippen LogP contribution is -1.98. The average molecular weight is 226 g/mol. The van der Waals surface area contributed by atoms with Gasteiger partial charge in [-0.25, -0.2) is 0 Å². The van der Waals surface area contributed by atoms with E-state index in [2.05, 4.69) is 4.98 Å². The molecule has 1 heterocycles. The number of benzene rings is 1. The number of aromatic amines is 1. The number of hydrogen-bond donors (Lipinski definition) is 3. The van der Waals surface area contributed by atoms with E-state index in [0.29, 0.717) is 16.5 Å². The molecule has 0 spiro atoms. The molecule has 3 N–H and O–H groups in total. The van der Waals surface area contributed by atoms with Crippen molar-refractivity contribution in [3.05, 3.63) is 28.9 Å². The Morgan fingerprint density at radius 1 is 1.47 bits per heavy atom. The van der Waals surface area contributed by atoms with Crippen molar-refractivity contribution in [1.82, 2.24) is 4.98 Å². The third-order valence-electron chi connectivity index (χ3n) is 2.19. The fourth-order valence-corrected chi connectivity index (χ4v) is 1.71. The molecule has 15 heavy (non-hydrogen) atoms. The number of fused-ring (bicyclic) bond motifs is 1. The second-order valence-corrected chi connectivity index (χ2v) is 3.61. The molecule has 5 heteroatoms. The van der Waals surface area contributed by atoms with Crippen molar-refractivity contribution >= 4 is 28.5 Å². The first kappa shape index (κ1) is 9.86. The third kappa shape index (κ3) is 1.64. The Morgan fingerprint density at radius 2 is 2.20 bits per heavy atom. The zero-order chi connectivity index (χ0) is 11.0. The third-order valence-corrected chi connectivity index (χ3v) is 2.50. The van der Waals surface area contributed by atoms with Gasteiger partial charge < -0.3 is 15.2 Å². The molecular weight excluding hydrogens is 218 g/mol. The van der Waals surface area contributed by atoms with Crippen LogP contribution in [0.1, 0.15) is 5.56 Å². The molecule has 1 aromatic carbocycles. The minimum Gasteiger partial charge on any atom is -0.506 e. The summed E-state index contributed by atoms with van der Waals surface area (Å²) in [6.07, 6.45) is 1.42. The summed E-state index contributed by atoms with van der Waals surface area (Å²) in [5.74, 6) is -1.03. The summed E-state index contributed by atoms with van der Waals surface area (Å²) < 4.78 is 0. The second kappa shape index (κ2) is 3.47. The number of carboxylic acid groups (broad SMARTS) is 1. The zero-order valence-electron chi connectivity index (χ0n) is 7.62. The summed E-state index contributed by atoms with van der Waals surface area (Å²) in [4.78, 5) is 13.5. The van der Waals surface area contributed by atoms with Crippen LogP contribution in [-0.2, 0) is 11.2 Å². The largest absolute Gasteiger partial charge is 0.506 e. The Kier molecular flexibility index (Phi) is 2.28. The van der Waals surface area contributed by atoms with Gasteiger partial charge in [0.15, 0.2) is 0 Å².